The predicted octanol–water partition coefficient (Wildman–Crippen LogP) is 2.08. The number of aromatic nitrogens is 2. The van der Waals surface area contributed by atoms with Crippen molar-refractivity contribution in [3.8, 4) is 5.88 Å². The molecule has 0 aliphatic rings. The fourth-order valence-corrected chi connectivity index (χ4v) is 1.62. The first-order chi connectivity index (χ1) is 8.85. The zero-order valence-corrected chi connectivity index (χ0v) is 12.4. The maximum atomic E-state index is 5.66. The molecule has 6 nitrogen and oxygen atoms in total. The van der Waals surface area contributed by atoms with Crippen molar-refractivity contribution >= 4 is 5.82 Å². The van der Waals surface area contributed by atoms with Crippen LogP contribution in [0.25, 0.3) is 0 Å². The van der Waals surface area contributed by atoms with E-state index in [1.54, 1.807) is 0 Å². The summed E-state index contributed by atoms with van der Waals surface area (Å²) in [6, 6.07) is 0. The monoisotopic (exact) mass is 268 g/mol. The van der Waals surface area contributed by atoms with E-state index in [9.17, 15) is 0 Å². The minimum atomic E-state index is -0.167. The van der Waals surface area contributed by atoms with E-state index >= 15 is 0 Å². The van der Waals surface area contributed by atoms with Crippen molar-refractivity contribution in [3.05, 3.63) is 11.9 Å². The van der Waals surface area contributed by atoms with Crippen LogP contribution in [0.2, 0.25) is 0 Å². The molecule has 1 aromatic rings. The van der Waals surface area contributed by atoms with E-state index in [2.05, 4.69) is 15.4 Å². The van der Waals surface area contributed by atoms with Crippen LogP contribution >= 0.6 is 0 Å². The number of hydrazine groups is 1. The second-order valence-electron chi connectivity index (χ2n) is 5.55. The normalized spacial score (nSPS) is 11.7. The summed E-state index contributed by atoms with van der Waals surface area (Å²) in [6.07, 6.45) is 1.43. The molecule has 1 rings (SSSR count). The molecule has 108 valence electrons. The minimum absolute atomic E-state index is 0.167. The van der Waals surface area contributed by atoms with Gasteiger partial charge in [0.05, 0.1) is 17.8 Å². The second kappa shape index (κ2) is 6.68. The van der Waals surface area contributed by atoms with Gasteiger partial charge in [0.2, 0.25) is 5.88 Å². The summed E-state index contributed by atoms with van der Waals surface area (Å²) < 4.78 is 11.3. The highest BCUT2D eigenvalue weighted by Crippen LogP contribution is 2.29. The molecule has 3 N–H and O–H groups in total. The Morgan fingerprint density at radius 2 is 1.95 bits per heavy atom. The Balaban J connectivity index is 2.68. The zero-order valence-electron chi connectivity index (χ0n) is 12.4. The number of nitrogens with zero attached hydrogens (tertiary/aromatic N) is 2. The second-order valence-corrected chi connectivity index (χ2v) is 5.55. The molecule has 1 heterocycles. The Labute approximate surface area is 114 Å². The molecular weight excluding hydrogens is 244 g/mol. The molecule has 0 amide bonds. The molecule has 6 heteroatoms. The smallest absolute Gasteiger partial charge is 0.222 e. The third-order valence-electron chi connectivity index (χ3n) is 2.42. The summed E-state index contributed by atoms with van der Waals surface area (Å²) in [7, 11) is 0. The molecule has 0 saturated carbocycles. The summed E-state index contributed by atoms with van der Waals surface area (Å²) in [5.74, 6) is 6.81. The average molecular weight is 268 g/mol. The van der Waals surface area contributed by atoms with Crippen LogP contribution < -0.4 is 16.0 Å². The maximum absolute atomic E-state index is 5.66. The first-order valence-corrected chi connectivity index (χ1v) is 6.43. The van der Waals surface area contributed by atoms with Gasteiger partial charge in [0, 0.05) is 0 Å². The van der Waals surface area contributed by atoms with Crippen LogP contribution in [0.4, 0.5) is 5.82 Å². The van der Waals surface area contributed by atoms with Crippen LogP contribution in [-0.2, 0) is 4.74 Å². The van der Waals surface area contributed by atoms with E-state index < -0.39 is 0 Å². The molecule has 0 aliphatic carbocycles. The zero-order chi connectivity index (χ0) is 14.5. The molecule has 0 aromatic carbocycles. The van der Waals surface area contributed by atoms with Gasteiger partial charge in [-0.1, -0.05) is 13.8 Å². The Bertz CT molecular complexity index is 402. The molecule has 0 unspecified atom stereocenters. The van der Waals surface area contributed by atoms with E-state index in [1.165, 1.54) is 6.33 Å². The van der Waals surface area contributed by atoms with Crippen LogP contribution in [0.15, 0.2) is 6.33 Å². The molecule has 0 spiro atoms. The molecule has 1 aromatic heterocycles. The Hall–Kier alpha value is -1.40. The number of ether oxygens (including phenoxy) is 2. The van der Waals surface area contributed by atoms with Crippen LogP contribution in [0.3, 0.4) is 0 Å². The van der Waals surface area contributed by atoms with E-state index in [0.29, 0.717) is 24.9 Å². The maximum Gasteiger partial charge on any atom is 0.222 e. The summed E-state index contributed by atoms with van der Waals surface area (Å²) in [6.45, 7) is 11.1. The van der Waals surface area contributed by atoms with Gasteiger partial charge in [0.15, 0.2) is 5.82 Å². The number of nitrogens with two attached hydrogens (primary N) is 1. The number of nitrogens with one attached hydrogen (secondary N) is 1. The van der Waals surface area contributed by atoms with Gasteiger partial charge >= 0.3 is 0 Å². The van der Waals surface area contributed by atoms with Crippen LogP contribution in [0.1, 0.15) is 46.1 Å². The van der Waals surface area contributed by atoms with Gasteiger partial charge < -0.3 is 14.9 Å². The van der Waals surface area contributed by atoms with Crippen LogP contribution in [-0.4, -0.2) is 28.8 Å². The number of hydrogen-bond donors (Lipinski definition) is 2. The first kappa shape index (κ1) is 15.7. The molecule has 0 saturated heterocycles. The van der Waals surface area contributed by atoms with Crippen molar-refractivity contribution in [1.29, 1.82) is 0 Å². The van der Waals surface area contributed by atoms with Gasteiger partial charge in [0.25, 0.3) is 0 Å². The fourth-order valence-electron chi connectivity index (χ4n) is 1.62. The molecule has 19 heavy (non-hydrogen) atoms. The van der Waals surface area contributed by atoms with Crippen molar-refractivity contribution < 1.29 is 9.47 Å². The predicted molar refractivity (Wildman–Crippen MR) is 75.1 cm³/mol. The van der Waals surface area contributed by atoms with Gasteiger partial charge in [-0.25, -0.2) is 15.8 Å². The number of hydrogen-bond acceptors (Lipinski definition) is 6. The molecule has 0 bridgehead atoms. The highest BCUT2D eigenvalue weighted by molar-refractivity contribution is 5.49. The molecule has 0 radical (unpaired) electrons. The number of nitrogen functional groups attached to an aromatic ring is 1. The third-order valence-corrected chi connectivity index (χ3v) is 2.42. The van der Waals surface area contributed by atoms with Crippen molar-refractivity contribution in [2.45, 2.75) is 46.1 Å². The lowest BCUT2D eigenvalue weighted by Crippen LogP contribution is -2.23. The standard InChI is InChI=1S/C13H24N4O2/c1-9(2)10-11(17-14)15-8-16-12(10)18-6-7-19-13(3,4)5/h8-9H,6-7,14H2,1-5H3,(H,15,16,17). The van der Waals surface area contributed by atoms with Crippen LogP contribution in [0.5, 0.6) is 5.88 Å². The lowest BCUT2D eigenvalue weighted by molar-refractivity contribution is -0.0169. The average Bonchev–Trinajstić information content (AvgIpc) is 2.32. The Morgan fingerprint density at radius 1 is 1.26 bits per heavy atom. The molecule has 0 aliphatic heterocycles. The van der Waals surface area contributed by atoms with Gasteiger partial charge in [-0.05, 0) is 26.7 Å². The lowest BCUT2D eigenvalue weighted by atomic mass is 10.1. The van der Waals surface area contributed by atoms with Crippen LogP contribution in [0, 0.1) is 0 Å². The lowest BCUT2D eigenvalue weighted by Gasteiger charge is -2.20. The Kier molecular flexibility index (Phi) is 5.50. The van der Waals surface area contributed by atoms with Gasteiger partial charge in [0.1, 0.15) is 12.9 Å². The quantitative estimate of drug-likeness (QED) is 0.467. The van der Waals surface area contributed by atoms with E-state index in [4.69, 9.17) is 15.3 Å². The number of rotatable bonds is 6. The van der Waals surface area contributed by atoms with Crippen molar-refractivity contribution in [3.63, 3.8) is 0 Å². The van der Waals surface area contributed by atoms with Gasteiger partial charge in [-0.2, -0.15) is 0 Å². The van der Waals surface area contributed by atoms with E-state index in [1.807, 2.05) is 34.6 Å². The Morgan fingerprint density at radius 3 is 2.47 bits per heavy atom. The SMILES string of the molecule is CC(C)c1c(NN)ncnc1OCCOC(C)(C)C. The summed E-state index contributed by atoms with van der Waals surface area (Å²) in [4.78, 5) is 8.25. The summed E-state index contributed by atoms with van der Waals surface area (Å²) >= 11 is 0. The van der Waals surface area contributed by atoms with Crippen molar-refractivity contribution in [2.75, 3.05) is 18.6 Å². The van der Waals surface area contributed by atoms with Gasteiger partial charge in [-0.15, -0.1) is 0 Å². The molecular formula is C13H24N4O2. The largest absolute Gasteiger partial charge is 0.475 e. The minimum Gasteiger partial charge on any atom is -0.475 e. The van der Waals surface area contributed by atoms with E-state index in [0.717, 1.165) is 5.56 Å². The summed E-state index contributed by atoms with van der Waals surface area (Å²) in [5.41, 5.74) is 3.28. The fraction of sp³-hybridized carbons (Fsp3) is 0.692. The topological polar surface area (TPSA) is 82.3 Å². The van der Waals surface area contributed by atoms with Crippen molar-refractivity contribution in [2.24, 2.45) is 5.84 Å². The number of anilines is 1. The molecule has 0 fully saturated rings. The summed E-state index contributed by atoms with van der Waals surface area (Å²) in [5, 5.41) is 0. The highest BCUT2D eigenvalue weighted by Gasteiger charge is 2.16. The first-order valence-electron chi connectivity index (χ1n) is 6.43. The van der Waals surface area contributed by atoms with Crippen molar-refractivity contribution in [1.82, 2.24) is 9.97 Å². The third kappa shape index (κ3) is 5.00. The highest BCUT2D eigenvalue weighted by atomic mass is 16.5. The van der Waals surface area contributed by atoms with E-state index in [-0.39, 0.29) is 11.5 Å². The van der Waals surface area contributed by atoms with Gasteiger partial charge in [-0.3, -0.25) is 0 Å². The molecule has 0 atom stereocenters.